The van der Waals surface area contributed by atoms with Crippen LogP contribution < -0.4 is 5.32 Å². The second kappa shape index (κ2) is 6.33. The van der Waals surface area contributed by atoms with E-state index in [1.54, 1.807) is 24.4 Å². The summed E-state index contributed by atoms with van der Waals surface area (Å²) in [5, 5.41) is 6.66. The third kappa shape index (κ3) is 3.67. The van der Waals surface area contributed by atoms with Crippen molar-refractivity contribution in [3.05, 3.63) is 46.7 Å². The normalized spacial score (nSPS) is 10.1. The molecule has 1 heterocycles. The highest BCUT2D eigenvalue weighted by molar-refractivity contribution is 9.10. The SMILES string of the molecule is COC(=O)Cn1cc(NC(=O)c2cccc(Br)c2)cn1. The molecular weight excluding hydrogens is 326 g/mol. The fraction of sp³-hybridized carbons (Fsp3) is 0.154. The first kappa shape index (κ1) is 14.3. The lowest BCUT2D eigenvalue weighted by Crippen LogP contribution is -2.12. The Bertz CT molecular complexity index is 639. The van der Waals surface area contributed by atoms with E-state index >= 15 is 0 Å². The Kier molecular flexibility index (Phi) is 4.52. The van der Waals surface area contributed by atoms with Gasteiger partial charge < -0.3 is 10.1 Å². The molecule has 7 heteroatoms. The molecule has 0 saturated heterocycles. The van der Waals surface area contributed by atoms with Crippen molar-refractivity contribution in [2.45, 2.75) is 6.54 Å². The highest BCUT2D eigenvalue weighted by atomic mass is 79.9. The van der Waals surface area contributed by atoms with Gasteiger partial charge in [0.2, 0.25) is 0 Å². The summed E-state index contributed by atoms with van der Waals surface area (Å²) in [7, 11) is 1.31. The molecule has 0 fully saturated rings. The van der Waals surface area contributed by atoms with Gasteiger partial charge in [0.25, 0.3) is 5.91 Å². The highest BCUT2D eigenvalue weighted by Crippen LogP contribution is 2.13. The van der Waals surface area contributed by atoms with E-state index in [0.717, 1.165) is 4.47 Å². The summed E-state index contributed by atoms with van der Waals surface area (Å²) in [6.45, 7) is 0.00323. The van der Waals surface area contributed by atoms with Crippen molar-refractivity contribution in [2.24, 2.45) is 0 Å². The largest absolute Gasteiger partial charge is 0.468 e. The van der Waals surface area contributed by atoms with Gasteiger partial charge in [-0.15, -0.1) is 0 Å². The second-order valence-corrected chi connectivity index (χ2v) is 4.88. The first-order valence-corrected chi connectivity index (χ1v) is 6.54. The number of carbonyl (C=O) groups is 2. The molecule has 0 unspecified atom stereocenters. The van der Waals surface area contributed by atoms with Gasteiger partial charge in [0.05, 0.1) is 19.0 Å². The standard InChI is InChI=1S/C13H12BrN3O3/c1-20-12(18)8-17-7-11(6-15-17)16-13(19)9-3-2-4-10(14)5-9/h2-7H,8H2,1H3,(H,16,19). The lowest BCUT2D eigenvalue weighted by atomic mass is 10.2. The molecule has 0 aliphatic carbocycles. The number of esters is 1. The minimum atomic E-state index is -0.405. The third-order valence-corrected chi connectivity index (χ3v) is 2.99. The number of methoxy groups -OCH3 is 1. The zero-order valence-corrected chi connectivity index (χ0v) is 12.3. The van der Waals surface area contributed by atoms with Crippen LogP contribution in [0, 0.1) is 0 Å². The summed E-state index contributed by atoms with van der Waals surface area (Å²) in [4.78, 5) is 23.1. The minimum Gasteiger partial charge on any atom is -0.468 e. The van der Waals surface area contributed by atoms with Gasteiger partial charge in [-0.25, -0.2) is 0 Å². The molecule has 20 heavy (non-hydrogen) atoms. The molecule has 0 bridgehead atoms. The molecule has 2 rings (SSSR count). The van der Waals surface area contributed by atoms with Gasteiger partial charge in [-0.05, 0) is 18.2 Å². The summed E-state index contributed by atoms with van der Waals surface area (Å²) in [5.41, 5.74) is 1.04. The Hall–Kier alpha value is -2.15. The van der Waals surface area contributed by atoms with Crippen molar-refractivity contribution in [2.75, 3.05) is 12.4 Å². The molecule has 0 atom stereocenters. The maximum absolute atomic E-state index is 12.0. The van der Waals surface area contributed by atoms with Gasteiger partial charge in [0.15, 0.2) is 0 Å². The summed E-state index contributed by atoms with van der Waals surface area (Å²) in [6.07, 6.45) is 3.03. The third-order valence-electron chi connectivity index (χ3n) is 2.50. The molecule has 2 aromatic rings. The monoisotopic (exact) mass is 337 g/mol. The van der Waals surface area contributed by atoms with Crippen molar-refractivity contribution in [1.29, 1.82) is 0 Å². The van der Waals surface area contributed by atoms with E-state index < -0.39 is 5.97 Å². The number of amides is 1. The number of benzene rings is 1. The maximum atomic E-state index is 12.0. The smallest absolute Gasteiger partial charge is 0.327 e. The lowest BCUT2D eigenvalue weighted by molar-refractivity contribution is -0.141. The summed E-state index contributed by atoms with van der Waals surface area (Å²) >= 11 is 3.31. The van der Waals surface area contributed by atoms with Crippen LogP contribution in [0.15, 0.2) is 41.1 Å². The molecule has 1 N–H and O–H groups in total. The van der Waals surface area contributed by atoms with Crippen molar-refractivity contribution >= 4 is 33.5 Å². The van der Waals surface area contributed by atoms with Crippen LogP contribution in [0.2, 0.25) is 0 Å². The van der Waals surface area contributed by atoms with Gasteiger partial charge >= 0.3 is 5.97 Å². The number of hydrogen-bond donors (Lipinski definition) is 1. The fourth-order valence-corrected chi connectivity index (χ4v) is 1.94. The predicted molar refractivity (Wildman–Crippen MR) is 76.3 cm³/mol. The number of nitrogens with zero attached hydrogens (tertiary/aromatic N) is 2. The van der Waals surface area contributed by atoms with Crippen LogP contribution >= 0.6 is 15.9 Å². The van der Waals surface area contributed by atoms with Gasteiger partial charge in [0, 0.05) is 16.2 Å². The lowest BCUT2D eigenvalue weighted by Gasteiger charge is -2.02. The molecular formula is C13H12BrN3O3. The molecule has 0 spiro atoms. The summed E-state index contributed by atoms with van der Waals surface area (Å²) in [6, 6.07) is 7.04. The molecule has 1 aromatic heterocycles. The number of anilines is 1. The topological polar surface area (TPSA) is 73.2 Å². The molecule has 0 radical (unpaired) electrons. The number of nitrogens with one attached hydrogen (secondary N) is 1. The van der Waals surface area contributed by atoms with E-state index in [0.29, 0.717) is 11.3 Å². The number of ether oxygens (including phenoxy) is 1. The van der Waals surface area contributed by atoms with E-state index in [9.17, 15) is 9.59 Å². The van der Waals surface area contributed by atoms with Gasteiger partial charge in [0.1, 0.15) is 6.54 Å². The predicted octanol–water partition coefficient (Wildman–Crippen LogP) is 2.07. The van der Waals surface area contributed by atoms with Gasteiger partial charge in [-0.1, -0.05) is 22.0 Å². The van der Waals surface area contributed by atoms with Crippen LogP contribution in [0.4, 0.5) is 5.69 Å². The van der Waals surface area contributed by atoms with E-state index in [2.05, 4.69) is 31.1 Å². The van der Waals surface area contributed by atoms with Crippen molar-refractivity contribution in [3.63, 3.8) is 0 Å². The van der Waals surface area contributed by atoms with E-state index in [-0.39, 0.29) is 12.5 Å². The Balaban J connectivity index is 2.03. The first-order chi connectivity index (χ1) is 9.58. The number of halogens is 1. The van der Waals surface area contributed by atoms with Crippen LogP contribution in [0.3, 0.4) is 0 Å². The molecule has 0 aliphatic rings. The van der Waals surface area contributed by atoms with Gasteiger partial charge in [-0.3, -0.25) is 14.3 Å². The Labute approximate surface area is 123 Å². The van der Waals surface area contributed by atoms with Crippen molar-refractivity contribution in [1.82, 2.24) is 9.78 Å². The van der Waals surface area contributed by atoms with E-state index in [4.69, 9.17) is 0 Å². The van der Waals surface area contributed by atoms with E-state index in [1.807, 2.05) is 6.07 Å². The molecule has 0 saturated carbocycles. The average Bonchev–Trinajstić information content (AvgIpc) is 2.85. The second-order valence-electron chi connectivity index (χ2n) is 3.97. The van der Waals surface area contributed by atoms with Crippen LogP contribution in [0.25, 0.3) is 0 Å². The zero-order valence-electron chi connectivity index (χ0n) is 10.7. The van der Waals surface area contributed by atoms with Crippen molar-refractivity contribution in [3.8, 4) is 0 Å². The fourth-order valence-electron chi connectivity index (χ4n) is 1.54. The highest BCUT2D eigenvalue weighted by Gasteiger charge is 2.09. The molecule has 104 valence electrons. The van der Waals surface area contributed by atoms with Crippen molar-refractivity contribution < 1.29 is 14.3 Å². The van der Waals surface area contributed by atoms with Crippen LogP contribution in [-0.2, 0) is 16.1 Å². The van der Waals surface area contributed by atoms with Crippen LogP contribution in [0.1, 0.15) is 10.4 Å². The zero-order chi connectivity index (χ0) is 14.5. The van der Waals surface area contributed by atoms with Gasteiger partial charge in [-0.2, -0.15) is 5.10 Å². The number of aromatic nitrogens is 2. The van der Waals surface area contributed by atoms with Crippen LogP contribution in [0.5, 0.6) is 0 Å². The molecule has 6 nitrogen and oxygen atoms in total. The molecule has 1 aromatic carbocycles. The quantitative estimate of drug-likeness (QED) is 0.867. The Morgan fingerprint density at radius 3 is 2.95 bits per heavy atom. The first-order valence-electron chi connectivity index (χ1n) is 5.74. The summed E-state index contributed by atoms with van der Waals surface area (Å²) in [5.74, 6) is -0.651. The minimum absolute atomic E-state index is 0.00323. The molecule has 1 amide bonds. The number of hydrogen-bond acceptors (Lipinski definition) is 4. The number of rotatable bonds is 4. The average molecular weight is 338 g/mol. The van der Waals surface area contributed by atoms with E-state index in [1.165, 1.54) is 18.0 Å². The Morgan fingerprint density at radius 1 is 1.45 bits per heavy atom. The molecule has 0 aliphatic heterocycles. The maximum Gasteiger partial charge on any atom is 0.327 e. The summed E-state index contributed by atoms with van der Waals surface area (Å²) < 4.78 is 6.75. The Morgan fingerprint density at radius 2 is 2.25 bits per heavy atom. The number of carbonyl (C=O) groups excluding carboxylic acids is 2. The van der Waals surface area contributed by atoms with Crippen LogP contribution in [-0.4, -0.2) is 28.8 Å².